The molecule has 0 radical (unpaired) electrons. The van der Waals surface area contributed by atoms with E-state index in [0.717, 1.165) is 10.2 Å². The Labute approximate surface area is 101 Å². The summed E-state index contributed by atoms with van der Waals surface area (Å²) in [6.45, 7) is 0.538. The van der Waals surface area contributed by atoms with Crippen LogP contribution in [0.4, 0.5) is 10.1 Å². The largest absolute Gasteiger partial charge is 0.376 e. The van der Waals surface area contributed by atoms with Crippen LogP contribution in [0, 0.1) is 5.82 Å². The maximum atomic E-state index is 13.5. The lowest BCUT2D eigenvalue weighted by Crippen LogP contribution is -2.06. The SMILES string of the molecule is Cn1nccc1CNc1c(F)cccc1Br. The van der Waals surface area contributed by atoms with Crippen LogP contribution in [0.1, 0.15) is 5.69 Å². The van der Waals surface area contributed by atoms with Gasteiger partial charge >= 0.3 is 0 Å². The number of rotatable bonds is 3. The lowest BCUT2D eigenvalue weighted by molar-refractivity contribution is 0.628. The summed E-state index contributed by atoms with van der Waals surface area (Å²) in [5.41, 5.74) is 1.47. The number of nitrogens with one attached hydrogen (secondary N) is 1. The summed E-state index contributed by atoms with van der Waals surface area (Å²) in [5, 5.41) is 7.09. The van der Waals surface area contributed by atoms with Gasteiger partial charge in [0.1, 0.15) is 5.82 Å². The highest BCUT2D eigenvalue weighted by Crippen LogP contribution is 2.25. The summed E-state index contributed by atoms with van der Waals surface area (Å²) in [7, 11) is 1.85. The summed E-state index contributed by atoms with van der Waals surface area (Å²) >= 11 is 3.30. The van der Waals surface area contributed by atoms with Gasteiger partial charge in [0.05, 0.1) is 17.9 Å². The molecule has 0 spiro atoms. The van der Waals surface area contributed by atoms with Crippen LogP contribution in [0.5, 0.6) is 0 Å². The number of halogens is 2. The molecule has 3 nitrogen and oxygen atoms in total. The van der Waals surface area contributed by atoms with Crippen molar-refractivity contribution in [2.24, 2.45) is 7.05 Å². The van der Waals surface area contributed by atoms with Crippen molar-refractivity contribution in [3.8, 4) is 0 Å². The Balaban J connectivity index is 2.14. The Morgan fingerprint density at radius 1 is 1.44 bits per heavy atom. The first-order chi connectivity index (χ1) is 7.68. The Kier molecular flexibility index (Phi) is 3.24. The standard InChI is InChI=1S/C11H11BrFN3/c1-16-8(5-6-15-16)7-14-11-9(12)3-2-4-10(11)13/h2-6,14H,7H2,1H3. The number of aromatic nitrogens is 2. The van der Waals surface area contributed by atoms with Crippen molar-refractivity contribution in [3.63, 3.8) is 0 Å². The zero-order valence-corrected chi connectivity index (χ0v) is 10.3. The fourth-order valence-corrected chi connectivity index (χ4v) is 1.90. The van der Waals surface area contributed by atoms with Gasteiger partial charge in [0, 0.05) is 17.7 Å². The predicted octanol–water partition coefficient (Wildman–Crippen LogP) is 2.93. The van der Waals surface area contributed by atoms with E-state index >= 15 is 0 Å². The second-order valence-electron chi connectivity index (χ2n) is 3.40. The molecule has 0 fully saturated rings. The second-order valence-corrected chi connectivity index (χ2v) is 4.25. The Morgan fingerprint density at radius 3 is 2.88 bits per heavy atom. The fourth-order valence-electron chi connectivity index (χ4n) is 1.42. The number of aryl methyl sites for hydroxylation is 1. The number of anilines is 1. The van der Waals surface area contributed by atoms with Crippen LogP contribution in [-0.4, -0.2) is 9.78 Å². The van der Waals surface area contributed by atoms with E-state index in [-0.39, 0.29) is 5.82 Å². The number of hydrogen-bond donors (Lipinski definition) is 1. The first-order valence-electron chi connectivity index (χ1n) is 4.83. The van der Waals surface area contributed by atoms with E-state index in [0.29, 0.717) is 12.2 Å². The molecule has 1 aromatic carbocycles. The molecule has 16 heavy (non-hydrogen) atoms. The third kappa shape index (κ3) is 2.24. The topological polar surface area (TPSA) is 29.9 Å². The van der Waals surface area contributed by atoms with Gasteiger partial charge in [-0.25, -0.2) is 4.39 Å². The molecule has 0 aliphatic carbocycles. The molecule has 0 saturated carbocycles. The van der Waals surface area contributed by atoms with E-state index in [1.165, 1.54) is 6.07 Å². The Bertz CT molecular complexity index is 475. The molecule has 0 bridgehead atoms. The van der Waals surface area contributed by atoms with Crippen LogP contribution in [0.2, 0.25) is 0 Å². The zero-order valence-electron chi connectivity index (χ0n) is 8.74. The van der Waals surface area contributed by atoms with Gasteiger partial charge in [-0.05, 0) is 34.1 Å². The van der Waals surface area contributed by atoms with E-state index in [4.69, 9.17) is 0 Å². The molecule has 2 aromatic rings. The van der Waals surface area contributed by atoms with Gasteiger partial charge in [0.25, 0.3) is 0 Å². The average Bonchev–Trinajstić information content (AvgIpc) is 2.64. The molecule has 0 aliphatic rings. The average molecular weight is 284 g/mol. The number of hydrogen-bond acceptors (Lipinski definition) is 2. The molecule has 1 aromatic heterocycles. The summed E-state index contributed by atoms with van der Waals surface area (Å²) in [6.07, 6.45) is 1.72. The molecule has 0 saturated heterocycles. The minimum Gasteiger partial charge on any atom is -0.376 e. The third-order valence-corrected chi connectivity index (χ3v) is 2.99. The van der Waals surface area contributed by atoms with Gasteiger partial charge in [-0.3, -0.25) is 4.68 Å². The van der Waals surface area contributed by atoms with Gasteiger partial charge in [0.15, 0.2) is 0 Å². The Morgan fingerprint density at radius 2 is 2.25 bits per heavy atom. The first kappa shape index (κ1) is 11.1. The maximum Gasteiger partial charge on any atom is 0.147 e. The molecule has 0 unspecified atom stereocenters. The van der Waals surface area contributed by atoms with Gasteiger partial charge in [-0.1, -0.05) is 6.07 Å². The van der Waals surface area contributed by atoms with Crippen molar-refractivity contribution >= 4 is 21.6 Å². The highest BCUT2D eigenvalue weighted by molar-refractivity contribution is 9.10. The molecule has 1 N–H and O–H groups in total. The van der Waals surface area contributed by atoms with E-state index in [1.54, 1.807) is 23.0 Å². The molecule has 2 rings (SSSR count). The quantitative estimate of drug-likeness (QED) is 0.939. The van der Waals surface area contributed by atoms with Gasteiger partial charge in [-0.15, -0.1) is 0 Å². The zero-order chi connectivity index (χ0) is 11.5. The van der Waals surface area contributed by atoms with E-state index in [9.17, 15) is 4.39 Å². The fraction of sp³-hybridized carbons (Fsp3) is 0.182. The first-order valence-corrected chi connectivity index (χ1v) is 5.62. The van der Waals surface area contributed by atoms with Crippen LogP contribution in [-0.2, 0) is 13.6 Å². The number of para-hydroxylation sites is 1. The maximum absolute atomic E-state index is 13.5. The predicted molar refractivity (Wildman–Crippen MR) is 64.6 cm³/mol. The van der Waals surface area contributed by atoms with Crippen molar-refractivity contribution < 1.29 is 4.39 Å². The van der Waals surface area contributed by atoms with Crippen molar-refractivity contribution in [2.45, 2.75) is 6.54 Å². The van der Waals surface area contributed by atoms with Crippen LogP contribution >= 0.6 is 15.9 Å². The molecular weight excluding hydrogens is 273 g/mol. The smallest absolute Gasteiger partial charge is 0.147 e. The lowest BCUT2D eigenvalue weighted by atomic mass is 10.3. The molecule has 1 heterocycles. The normalized spacial score (nSPS) is 10.4. The number of nitrogens with zero attached hydrogens (tertiary/aromatic N) is 2. The van der Waals surface area contributed by atoms with Crippen molar-refractivity contribution in [1.82, 2.24) is 9.78 Å². The molecular formula is C11H11BrFN3. The second kappa shape index (κ2) is 4.65. The minimum absolute atomic E-state index is 0.267. The van der Waals surface area contributed by atoms with Gasteiger partial charge < -0.3 is 5.32 Å². The summed E-state index contributed by atoms with van der Waals surface area (Å²) in [6, 6.07) is 6.78. The molecule has 0 aliphatic heterocycles. The third-order valence-electron chi connectivity index (χ3n) is 2.33. The van der Waals surface area contributed by atoms with Gasteiger partial charge in [-0.2, -0.15) is 5.10 Å². The monoisotopic (exact) mass is 283 g/mol. The Hall–Kier alpha value is -1.36. The van der Waals surface area contributed by atoms with E-state index in [2.05, 4.69) is 26.3 Å². The molecule has 84 valence electrons. The van der Waals surface area contributed by atoms with E-state index in [1.807, 2.05) is 13.1 Å². The number of benzene rings is 1. The summed E-state index contributed by atoms with van der Waals surface area (Å²) in [5.74, 6) is -0.267. The van der Waals surface area contributed by atoms with Crippen molar-refractivity contribution in [2.75, 3.05) is 5.32 Å². The highest BCUT2D eigenvalue weighted by atomic mass is 79.9. The summed E-state index contributed by atoms with van der Waals surface area (Å²) < 4.78 is 15.9. The van der Waals surface area contributed by atoms with Crippen molar-refractivity contribution in [3.05, 3.63) is 46.4 Å². The van der Waals surface area contributed by atoms with Crippen molar-refractivity contribution in [1.29, 1.82) is 0 Å². The van der Waals surface area contributed by atoms with Crippen LogP contribution in [0.25, 0.3) is 0 Å². The molecule has 0 atom stereocenters. The van der Waals surface area contributed by atoms with E-state index < -0.39 is 0 Å². The lowest BCUT2D eigenvalue weighted by Gasteiger charge is -2.09. The van der Waals surface area contributed by atoms with Crippen LogP contribution in [0.15, 0.2) is 34.9 Å². The van der Waals surface area contributed by atoms with Gasteiger partial charge in [0.2, 0.25) is 0 Å². The van der Waals surface area contributed by atoms with Crippen LogP contribution < -0.4 is 5.32 Å². The molecule has 0 amide bonds. The highest BCUT2D eigenvalue weighted by Gasteiger charge is 2.06. The summed E-state index contributed by atoms with van der Waals surface area (Å²) in [4.78, 5) is 0. The van der Waals surface area contributed by atoms with Crippen LogP contribution in [0.3, 0.4) is 0 Å². The molecule has 5 heteroatoms. The minimum atomic E-state index is -0.267.